The fourth-order valence-corrected chi connectivity index (χ4v) is 2.05. The summed E-state index contributed by atoms with van der Waals surface area (Å²) in [6.07, 6.45) is 0. The molecular weight excluding hydrogens is 320 g/mol. The van der Waals surface area contributed by atoms with Crippen molar-refractivity contribution in [1.29, 1.82) is 0 Å². The highest BCUT2D eigenvalue weighted by molar-refractivity contribution is 6.01. The number of carbonyl (C=O) groups excluding carboxylic acids is 3. The van der Waals surface area contributed by atoms with E-state index in [0.717, 1.165) is 0 Å². The molecule has 0 aliphatic carbocycles. The van der Waals surface area contributed by atoms with Crippen LogP contribution in [0.25, 0.3) is 0 Å². The van der Waals surface area contributed by atoms with E-state index >= 15 is 0 Å². The largest absolute Gasteiger partial charge is 0.341 e. The Morgan fingerprint density at radius 3 is 2.16 bits per heavy atom. The highest BCUT2D eigenvalue weighted by atomic mass is 16.2. The van der Waals surface area contributed by atoms with Crippen LogP contribution in [0.5, 0.6) is 0 Å². The number of rotatable bonds is 5. The topological polar surface area (TPSA) is 99.3 Å². The Hall–Kier alpha value is -3.35. The molecule has 4 amide bonds. The van der Waals surface area contributed by atoms with E-state index in [2.05, 4.69) is 21.3 Å². The third kappa shape index (κ3) is 5.35. The lowest BCUT2D eigenvalue weighted by Gasteiger charge is -2.15. The fraction of sp³-hybridized carbons (Fsp3) is 0.167. The highest BCUT2D eigenvalue weighted by Gasteiger charge is 2.16. The van der Waals surface area contributed by atoms with Gasteiger partial charge >= 0.3 is 6.03 Å². The van der Waals surface area contributed by atoms with E-state index in [0.29, 0.717) is 16.9 Å². The van der Waals surface area contributed by atoms with Crippen molar-refractivity contribution in [3.63, 3.8) is 0 Å². The zero-order valence-electron chi connectivity index (χ0n) is 14.0. The van der Waals surface area contributed by atoms with Gasteiger partial charge < -0.3 is 21.3 Å². The van der Waals surface area contributed by atoms with Crippen LogP contribution in [0.2, 0.25) is 0 Å². The summed E-state index contributed by atoms with van der Waals surface area (Å²) in [5, 5.41) is 10.4. The summed E-state index contributed by atoms with van der Waals surface area (Å²) in [6, 6.07) is 14.3. The molecule has 0 aromatic heterocycles. The predicted molar refractivity (Wildman–Crippen MR) is 96.5 cm³/mol. The van der Waals surface area contributed by atoms with Crippen LogP contribution in [0, 0.1) is 0 Å². The SMILES string of the molecule is CNC(=O)Nc1cccc(NC(=O)C(C)NC(=O)c2ccccc2)c1. The maximum atomic E-state index is 12.2. The number of urea groups is 1. The van der Waals surface area contributed by atoms with Crippen molar-refractivity contribution in [2.75, 3.05) is 17.7 Å². The number of carbonyl (C=O) groups is 3. The van der Waals surface area contributed by atoms with Gasteiger partial charge in [0.15, 0.2) is 0 Å². The van der Waals surface area contributed by atoms with Crippen LogP contribution in [-0.4, -0.2) is 30.9 Å². The molecule has 25 heavy (non-hydrogen) atoms. The Morgan fingerprint density at radius 1 is 0.880 bits per heavy atom. The van der Waals surface area contributed by atoms with Crippen molar-refractivity contribution < 1.29 is 14.4 Å². The van der Waals surface area contributed by atoms with E-state index in [1.807, 2.05) is 6.07 Å². The first-order valence-corrected chi connectivity index (χ1v) is 7.75. The molecule has 7 nitrogen and oxygen atoms in total. The van der Waals surface area contributed by atoms with E-state index < -0.39 is 6.04 Å². The molecule has 0 spiro atoms. The summed E-state index contributed by atoms with van der Waals surface area (Å²) >= 11 is 0. The molecule has 0 saturated carbocycles. The van der Waals surface area contributed by atoms with E-state index in [1.54, 1.807) is 55.5 Å². The second-order valence-corrected chi connectivity index (χ2v) is 5.34. The van der Waals surface area contributed by atoms with Crippen LogP contribution in [-0.2, 0) is 4.79 Å². The standard InChI is InChI=1S/C18H20N4O3/c1-12(20-17(24)13-7-4-3-5-8-13)16(23)21-14-9-6-10-15(11-14)22-18(25)19-2/h3-12H,1-2H3,(H,20,24)(H,21,23)(H2,19,22,25). The fourth-order valence-electron chi connectivity index (χ4n) is 2.05. The molecule has 0 bridgehead atoms. The molecule has 2 aromatic rings. The van der Waals surface area contributed by atoms with E-state index in [4.69, 9.17) is 0 Å². The minimum Gasteiger partial charge on any atom is -0.341 e. The Kier molecular flexibility index (Phi) is 6.11. The van der Waals surface area contributed by atoms with E-state index in [-0.39, 0.29) is 17.8 Å². The van der Waals surface area contributed by atoms with Gasteiger partial charge in [0.05, 0.1) is 0 Å². The molecule has 7 heteroatoms. The summed E-state index contributed by atoms with van der Waals surface area (Å²) in [5.41, 5.74) is 1.54. The van der Waals surface area contributed by atoms with Gasteiger partial charge in [-0.1, -0.05) is 24.3 Å². The number of benzene rings is 2. The number of anilines is 2. The van der Waals surface area contributed by atoms with Crippen LogP contribution < -0.4 is 21.3 Å². The lowest BCUT2D eigenvalue weighted by Crippen LogP contribution is -2.41. The summed E-state index contributed by atoms with van der Waals surface area (Å²) in [4.78, 5) is 35.6. The zero-order chi connectivity index (χ0) is 18.2. The van der Waals surface area contributed by atoms with Gasteiger partial charge in [0.2, 0.25) is 5.91 Å². The number of nitrogens with one attached hydrogen (secondary N) is 4. The summed E-state index contributed by atoms with van der Waals surface area (Å²) < 4.78 is 0. The molecule has 130 valence electrons. The van der Waals surface area contributed by atoms with Crippen LogP contribution in [0.15, 0.2) is 54.6 Å². The molecule has 1 unspecified atom stereocenters. The molecule has 0 saturated heterocycles. The van der Waals surface area contributed by atoms with Crippen molar-refractivity contribution >= 4 is 29.2 Å². The molecule has 2 aromatic carbocycles. The van der Waals surface area contributed by atoms with Gasteiger partial charge in [-0.05, 0) is 37.3 Å². The smallest absolute Gasteiger partial charge is 0.318 e. The summed E-state index contributed by atoms with van der Waals surface area (Å²) in [7, 11) is 1.51. The van der Waals surface area contributed by atoms with Crippen LogP contribution in [0.4, 0.5) is 16.2 Å². The van der Waals surface area contributed by atoms with Crippen molar-refractivity contribution in [2.24, 2.45) is 0 Å². The minimum atomic E-state index is -0.719. The van der Waals surface area contributed by atoms with Gasteiger partial charge in [-0.15, -0.1) is 0 Å². The van der Waals surface area contributed by atoms with E-state index in [1.165, 1.54) is 7.05 Å². The molecule has 0 aliphatic rings. The van der Waals surface area contributed by atoms with Crippen molar-refractivity contribution in [2.45, 2.75) is 13.0 Å². The van der Waals surface area contributed by atoms with Gasteiger partial charge in [-0.2, -0.15) is 0 Å². The number of hydrogen-bond donors (Lipinski definition) is 4. The van der Waals surface area contributed by atoms with Crippen molar-refractivity contribution in [3.8, 4) is 0 Å². The monoisotopic (exact) mass is 340 g/mol. The Labute approximate surface area is 145 Å². The number of hydrogen-bond acceptors (Lipinski definition) is 3. The molecule has 0 aliphatic heterocycles. The summed E-state index contributed by atoms with van der Waals surface area (Å²) in [5.74, 6) is -0.681. The maximum absolute atomic E-state index is 12.2. The maximum Gasteiger partial charge on any atom is 0.318 e. The van der Waals surface area contributed by atoms with Gasteiger partial charge in [-0.3, -0.25) is 9.59 Å². The molecule has 2 rings (SSSR count). The Morgan fingerprint density at radius 2 is 1.52 bits per heavy atom. The second-order valence-electron chi connectivity index (χ2n) is 5.34. The highest BCUT2D eigenvalue weighted by Crippen LogP contribution is 2.15. The predicted octanol–water partition coefficient (Wildman–Crippen LogP) is 2.19. The normalized spacial score (nSPS) is 11.1. The van der Waals surface area contributed by atoms with Gasteiger partial charge in [0.1, 0.15) is 6.04 Å². The third-order valence-corrected chi connectivity index (χ3v) is 3.39. The molecule has 1 atom stereocenters. The average molecular weight is 340 g/mol. The number of amides is 4. The average Bonchev–Trinajstić information content (AvgIpc) is 2.62. The van der Waals surface area contributed by atoms with Gasteiger partial charge in [-0.25, -0.2) is 4.79 Å². The van der Waals surface area contributed by atoms with Crippen LogP contribution in [0.3, 0.4) is 0 Å². The molecule has 0 heterocycles. The quantitative estimate of drug-likeness (QED) is 0.671. The lowest BCUT2D eigenvalue weighted by molar-refractivity contribution is -0.117. The van der Waals surface area contributed by atoms with E-state index in [9.17, 15) is 14.4 Å². The molecule has 0 radical (unpaired) electrons. The zero-order valence-corrected chi connectivity index (χ0v) is 14.0. The Bertz CT molecular complexity index is 762. The first kappa shape index (κ1) is 18.0. The Balaban J connectivity index is 1.96. The van der Waals surface area contributed by atoms with Crippen LogP contribution in [0.1, 0.15) is 17.3 Å². The van der Waals surface area contributed by atoms with Crippen molar-refractivity contribution in [3.05, 3.63) is 60.2 Å². The summed E-state index contributed by atoms with van der Waals surface area (Å²) in [6.45, 7) is 1.60. The third-order valence-electron chi connectivity index (χ3n) is 3.39. The van der Waals surface area contributed by atoms with Crippen LogP contribution >= 0.6 is 0 Å². The van der Waals surface area contributed by atoms with Crippen molar-refractivity contribution in [1.82, 2.24) is 10.6 Å². The first-order chi connectivity index (χ1) is 12.0. The second kappa shape index (κ2) is 8.49. The van der Waals surface area contributed by atoms with Gasteiger partial charge in [0, 0.05) is 24.0 Å². The first-order valence-electron chi connectivity index (χ1n) is 7.75. The van der Waals surface area contributed by atoms with Gasteiger partial charge in [0.25, 0.3) is 5.91 Å². The lowest BCUT2D eigenvalue weighted by atomic mass is 10.2. The molecule has 4 N–H and O–H groups in total. The molecule has 0 fully saturated rings. The molecular formula is C18H20N4O3. The minimum absolute atomic E-state index is 0.321.